The Morgan fingerprint density at radius 3 is 2.10 bits per heavy atom. The van der Waals surface area contributed by atoms with Crippen molar-refractivity contribution in [3.05, 3.63) is 64.7 Å². The van der Waals surface area contributed by atoms with E-state index in [9.17, 15) is 9.59 Å². The summed E-state index contributed by atoms with van der Waals surface area (Å²) in [5.74, 6) is -0.102. The highest BCUT2D eigenvalue weighted by atomic mass is 16.2. The van der Waals surface area contributed by atoms with Crippen LogP contribution in [0.3, 0.4) is 0 Å². The van der Waals surface area contributed by atoms with Gasteiger partial charge in [-0.1, -0.05) is 69.7 Å². The number of para-hydroxylation sites is 1. The van der Waals surface area contributed by atoms with Gasteiger partial charge in [-0.3, -0.25) is 14.9 Å². The van der Waals surface area contributed by atoms with Gasteiger partial charge in [0.2, 0.25) is 11.8 Å². The van der Waals surface area contributed by atoms with Crippen molar-refractivity contribution in [2.24, 2.45) is 5.92 Å². The average molecular weight is 424 g/mol. The van der Waals surface area contributed by atoms with Gasteiger partial charge in [-0.25, -0.2) is 0 Å². The molecule has 0 saturated heterocycles. The van der Waals surface area contributed by atoms with E-state index in [-0.39, 0.29) is 24.4 Å². The molecule has 0 heterocycles. The molecule has 31 heavy (non-hydrogen) atoms. The molecule has 2 rings (SSSR count). The molecule has 0 aromatic heterocycles. The number of hydrogen-bond donors (Lipinski definition) is 3. The number of nitrogens with one attached hydrogen (secondary N) is 3. The third-order valence-corrected chi connectivity index (χ3v) is 5.54. The molecule has 2 atom stereocenters. The third kappa shape index (κ3) is 7.21. The lowest BCUT2D eigenvalue weighted by atomic mass is 9.94. The number of anilines is 1. The third-order valence-electron chi connectivity index (χ3n) is 5.54. The molecular formula is C26H37N3O2. The highest BCUT2D eigenvalue weighted by Crippen LogP contribution is 2.23. The first kappa shape index (κ1) is 24.6. The van der Waals surface area contributed by atoms with E-state index in [1.807, 2.05) is 39.0 Å². The highest BCUT2D eigenvalue weighted by Gasteiger charge is 2.22. The number of aryl methyl sites for hydroxylation is 3. The van der Waals surface area contributed by atoms with E-state index in [1.165, 1.54) is 11.1 Å². The van der Waals surface area contributed by atoms with E-state index in [0.717, 1.165) is 29.7 Å². The van der Waals surface area contributed by atoms with Crippen molar-refractivity contribution in [2.75, 3.05) is 11.9 Å². The molecule has 0 radical (unpaired) electrons. The second kappa shape index (κ2) is 11.7. The Bertz CT molecular complexity index is 854. The maximum Gasteiger partial charge on any atom is 0.243 e. The van der Waals surface area contributed by atoms with Gasteiger partial charge in [0.1, 0.15) is 0 Å². The zero-order valence-corrected chi connectivity index (χ0v) is 19.7. The van der Waals surface area contributed by atoms with E-state index in [1.54, 1.807) is 0 Å². The van der Waals surface area contributed by atoms with E-state index in [4.69, 9.17) is 0 Å². The molecule has 3 N–H and O–H groups in total. The number of hydrogen-bond acceptors (Lipinski definition) is 3. The van der Waals surface area contributed by atoms with Gasteiger partial charge in [0.15, 0.2) is 0 Å². The van der Waals surface area contributed by atoms with Crippen LogP contribution in [0.5, 0.6) is 0 Å². The summed E-state index contributed by atoms with van der Waals surface area (Å²) in [7, 11) is 0. The summed E-state index contributed by atoms with van der Waals surface area (Å²) in [5.41, 5.74) is 5.30. The fourth-order valence-corrected chi connectivity index (χ4v) is 3.71. The molecule has 5 heteroatoms. The Kier molecular flexibility index (Phi) is 9.25. The maximum absolute atomic E-state index is 12.6. The summed E-state index contributed by atoms with van der Waals surface area (Å²) in [6.45, 7) is 12.1. The molecule has 2 amide bonds. The number of carbonyl (C=O) groups excluding carboxylic acids is 2. The van der Waals surface area contributed by atoms with Crippen LogP contribution < -0.4 is 16.0 Å². The zero-order chi connectivity index (χ0) is 23.0. The Labute approximate surface area is 187 Å². The average Bonchev–Trinajstić information content (AvgIpc) is 2.73. The molecule has 5 nitrogen and oxygen atoms in total. The quantitative estimate of drug-likeness (QED) is 0.519. The first-order valence-electron chi connectivity index (χ1n) is 11.2. The first-order valence-corrected chi connectivity index (χ1v) is 11.2. The van der Waals surface area contributed by atoms with Crippen molar-refractivity contribution in [2.45, 2.75) is 66.5 Å². The molecular weight excluding hydrogens is 386 g/mol. The molecule has 0 aliphatic rings. The molecule has 0 aliphatic heterocycles. The largest absolute Gasteiger partial charge is 0.346 e. The summed E-state index contributed by atoms with van der Waals surface area (Å²) in [4.78, 5) is 24.9. The second-order valence-electron chi connectivity index (χ2n) is 8.63. The summed E-state index contributed by atoms with van der Waals surface area (Å²) in [6.07, 6.45) is 2.20. The molecule has 168 valence electrons. The minimum atomic E-state index is -0.421. The summed E-state index contributed by atoms with van der Waals surface area (Å²) >= 11 is 0. The fourth-order valence-electron chi connectivity index (χ4n) is 3.71. The normalized spacial score (nSPS) is 13.0. The standard InChI is InChI=1S/C26H37N3O2/c1-7-9-21-12-14-22(15-13-21)24(17(2)3)28-20(6)26(31)27-16-23(30)29-25-18(4)10-8-11-19(25)5/h8,10-15,17,20,24,28H,7,9,16H2,1-6H3,(H,27,31)(H,29,30)/t20-,24+/m0/s1. The fraction of sp³-hybridized carbons (Fsp3) is 0.462. The monoisotopic (exact) mass is 423 g/mol. The molecule has 0 bridgehead atoms. The Morgan fingerprint density at radius 2 is 1.55 bits per heavy atom. The zero-order valence-electron chi connectivity index (χ0n) is 19.7. The van der Waals surface area contributed by atoms with Crippen molar-refractivity contribution in [1.82, 2.24) is 10.6 Å². The van der Waals surface area contributed by atoms with E-state index in [0.29, 0.717) is 5.92 Å². The van der Waals surface area contributed by atoms with Crippen LogP contribution >= 0.6 is 0 Å². The van der Waals surface area contributed by atoms with Crippen LogP contribution in [0.15, 0.2) is 42.5 Å². The highest BCUT2D eigenvalue weighted by molar-refractivity contribution is 5.96. The number of carbonyl (C=O) groups is 2. The lowest BCUT2D eigenvalue weighted by Crippen LogP contribution is -2.46. The van der Waals surface area contributed by atoms with Gasteiger partial charge in [-0.2, -0.15) is 0 Å². The predicted octanol–water partition coefficient (Wildman–Crippen LogP) is 4.69. The van der Waals surface area contributed by atoms with Crippen molar-refractivity contribution < 1.29 is 9.59 Å². The van der Waals surface area contributed by atoms with Gasteiger partial charge in [-0.15, -0.1) is 0 Å². The second-order valence-corrected chi connectivity index (χ2v) is 8.63. The number of amides is 2. The van der Waals surface area contributed by atoms with Crippen LogP contribution in [-0.2, 0) is 16.0 Å². The van der Waals surface area contributed by atoms with Gasteiger partial charge in [0.05, 0.1) is 12.6 Å². The van der Waals surface area contributed by atoms with Crippen LogP contribution in [0.1, 0.15) is 62.4 Å². The van der Waals surface area contributed by atoms with Crippen LogP contribution in [0.4, 0.5) is 5.69 Å². The van der Waals surface area contributed by atoms with Gasteiger partial charge < -0.3 is 10.6 Å². The maximum atomic E-state index is 12.6. The first-order chi connectivity index (χ1) is 14.7. The van der Waals surface area contributed by atoms with Crippen LogP contribution in [0, 0.1) is 19.8 Å². The van der Waals surface area contributed by atoms with Crippen molar-refractivity contribution in [1.29, 1.82) is 0 Å². The number of benzene rings is 2. The Balaban J connectivity index is 1.92. The number of rotatable bonds is 10. The predicted molar refractivity (Wildman–Crippen MR) is 128 cm³/mol. The van der Waals surface area contributed by atoms with E-state index >= 15 is 0 Å². The molecule has 0 fully saturated rings. The molecule has 0 unspecified atom stereocenters. The molecule has 2 aromatic carbocycles. The summed E-state index contributed by atoms with van der Waals surface area (Å²) in [5, 5.41) is 9.08. The molecule has 0 aliphatic carbocycles. The smallest absolute Gasteiger partial charge is 0.243 e. The van der Waals surface area contributed by atoms with Gasteiger partial charge in [0, 0.05) is 11.7 Å². The minimum Gasteiger partial charge on any atom is -0.346 e. The lowest BCUT2D eigenvalue weighted by Gasteiger charge is -2.26. The van der Waals surface area contributed by atoms with Gasteiger partial charge in [-0.05, 0) is 55.4 Å². The van der Waals surface area contributed by atoms with E-state index < -0.39 is 6.04 Å². The summed E-state index contributed by atoms with van der Waals surface area (Å²) in [6, 6.07) is 14.1. The molecule has 2 aromatic rings. The van der Waals surface area contributed by atoms with Crippen molar-refractivity contribution in [3.63, 3.8) is 0 Å². The SMILES string of the molecule is CCCc1ccc([C@H](N[C@@H](C)C(=O)NCC(=O)Nc2c(C)cccc2C)C(C)C)cc1. The van der Waals surface area contributed by atoms with Crippen LogP contribution in [0.25, 0.3) is 0 Å². The van der Waals surface area contributed by atoms with Crippen LogP contribution in [-0.4, -0.2) is 24.4 Å². The minimum absolute atomic E-state index is 0.0554. The van der Waals surface area contributed by atoms with Crippen LogP contribution in [0.2, 0.25) is 0 Å². The molecule has 0 spiro atoms. The Morgan fingerprint density at radius 1 is 0.935 bits per heavy atom. The van der Waals surface area contributed by atoms with Crippen molar-refractivity contribution >= 4 is 17.5 Å². The topological polar surface area (TPSA) is 70.2 Å². The van der Waals surface area contributed by atoms with E-state index in [2.05, 4.69) is 61.0 Å². The lowest BCUT2D eigenvalue weighted by molar-refractivity contribution is -0.125. The van der Waals surface area contributed by atoms with Gasteiger partial charge in [0.25, 0.3) is 0 Å². The molecule has 0 saturated carbocycles. The van der Waals surface area contributed by atoms with Gasteiger partial charge >= 0.3 is 0 Å². The van der Waals surface area contributed by atoms with Crippen molar-refractivity contribution in [3.8, 4) is 0 Å². The summed E-state index contributed by atoms with van der Waals surface area (Å²) < 4.78 is 0. The Hall–Kier alpha value is -2.66.